The van der Waals surface area contributed by atoms with Crippen molar-refractivity contribution in [2.24, 2.45) is 0 Å². The fraction of sp³-hybridized carbons (Fsp3) is 0.667. The standard InChI is InChI=1S/C15H25N3O/c1-3-16-13-6-9-17-14(10-13)11-18(2)12-15(19)7-4-5-8-15/h6,9-10,19H,3-5,7-8,11-12H2,1-2H3,(H,16,17). The molecule has 1 aromatic heterocycles. The number of pyridine rings is 1. The van der Waals surface area contributed by atoms with E-state index in [1.807, 2.05) is 12.3 Å². The van der Waals surface area contributed by atoms with Gasteiger partial charge < -0.3 is 10.4 Å². The highest BCUT2D eigenvalue weighted by Crippen LogP contribution is 2.30. The molecule has 1 aromatic rings. The topological polar surface area (TPSA) is 48.4 Å². The van der Waals surface area contributed by atoms with E-state index in [1.54, 1.807) is 0 Å². The average molecular weight is 263 g/mol. The third-order valence-corrected chi connectivity index (χ3v) is 3.73. The van der Waals surface area contributed by atoms with E-state index in [9.17, 15) is 5.11 Å². The fourth-order valence-electron chi connectivity index (χ4n) is 2.90. The maximum atomic E-state index is 10.4. The van der Waals surface area contributed by atoms with E-state index in [4.69, 9.17) is 0 Å². The molecule has 0 bridgehead atoms. The van der Waals surface area contributed by atoms with Crippen LogP contribution in [-0.4, -0.2) is 40.7 Å². The van der Waals surface area contributed by atoms with E-state index in [-0.39, 0.29) is 0 Å². The number of nitrogens with one attached hydrogen (secondary N) is 1. The van der Waals surface area contributed by atoms with E-state index >= 15 is 0 Å². The molecular weight excluding hydrogens is 238 g/mol. The Bertz CT molecular complexity index is 402. The second-order valence-corrected chi connectivity index (χ2v) is 5.67. The highest BCUT2D eigenvalue weighted by atomic mass is 16.3. The van der Waals surface area contributed by atoms with Crippen LogP contribution < -0.4 is 5.32 Å². The summed E-state index contributed by atoms with van der Waals surface area (Å²) < 4.78 is 0. The molecule has 1 fully saturated rings. The summed E-state index contributed by atoms with van der Waals surface area (Å²) in [4.78, 5) is 6.57. The number of hydrogen-bond acceptors (Lipinski definition) is 4. The highest BCUT2D eigenvalue weighted by molar-refractivity contribution is 5.42. The minimum absolute atomic E-state index is 0.478. The average Bonchev–Trinajstić information content (AvgIpc) is 2.76. The van der Waals surface area contributed by atoms with Gasteiger partial charge in [0.2, 0.25) is 0 Å². The Morgan fingerprint density at radius 3 is 2.84 bits per heavy atom. The van der Waals surface area contributed by atoms with Gasteiger partial charge in [-0.15, -0.1) is 0 Å². The molecule has 0 spiro atoms. The van der Waals surface area contributed by atoms with Crippen LogP contribution in [0.3, 0.4) is 0 Å². The quantitative estimate of drug-likeness (QED) is 0.826. The van der Waals surface area contributed by atoms with Gasteiger partial charge in [-0.2, -0.15) is 0 Å². The van der Waals surface area contributed by atoms with Gasteiger partial charge in [0.15, 0.2) is 0 Å². The third-order valence-electron chi connectivity index (χ3n) is 3.73. The van der Waals surface area contributed by atoms with Crippen LogP contribution in [0.15, 0.2) is 18.3 Å². The van der Waals surface area contributed by atoms with Crippen LogP contribution in [0, 0.1) is 0 Å². The van der Waals surface area contributed by atoms with Gasteiger partial charge in [0.05, 0.1) is 11.3 Å². The molecule has 0 atom stereocenters. The van der Waals surface area contributed by atoms with Crippen molar-refractivity contribution in [2.75, 3.05) is 25.5 Å². The van der Waals surface area contributed by atoms with Crippen molar-refractivity contribution in [1.29, 1.82) is 0 Å². The fourth-order valence-corrected chi connectivity index (χ4v) is 2.90. The Hall–Kier alpha value is -1.13. The van der Waals surface area contributed by atoms with Crippen molar-refractivity contribution < 1.29 is 5.11 Å². The van der Waals surface area contributed by atoms with Crippen LogP contribution in [0.25, 0.3) is 0 Å². The predicted octanol–water partition coefficient (Wildman–Crippen LogP) is 2.25. The van der Waals surface area contributed by atoms with E-state index in [0.29, 0.717) is 0 Å². The molecule has 0 aromatic carbocycles. The molecular formula is C15H25N3O. The van der Waals surface area contributed by atoms with Crippen LogP contribution in [-0.2, 0) is 6.54 Å². The number of likely N-dealkylation sites (N-methyl/N-ethyl adjacent to an activating group) is 1. The summed E-state index contributed by atoms with van der Waals surface area (Å²) in [6, 6.07) is 4.07. The molecule has 106 valence electrons. The Morgan fingerprint density at radius 2 is 2.16 bits per heavy atom. The SMILES string of the molecule is CCNc1ccnc(CN(C)CC2(O)CCCC2)c1. The monoisotopic (exact) mass is 263 g/mol. The lowest BCUT2D eigenvalue weighted by Crippen LogP contribution is -2.38. The molecule has 0 aliphatic heterocycles. The minimum atomic E-state index is -0.478. The maximum Gasteiger partial charge on any atom is 0.0774 e. The van der Waals surface area contributed by atoms with Gasteiger partial charge in [-0.25, -0.2) is 0 Å². The van der Waals surface area contributed by atoms with Crippen molar-refractivity contribution >= 4 is 5.69 Å². The second kappa shape index (κ2) is 6.35. The lowest BCUT2D eigenvalue weighted by molar-refractivity contribution is 0.0143. The summed E-state index contributed by atoms with van der Waals surface area (Å²) in [6.45, 7) is 4.52. The number of hydrogen-bond donors (Lipinski definition) is 2. The van der Waals surface area contributed by atoms with E-state index < -0.39 is 5.60 Å². The molecule has 0 saturated heterocycles. The molecule has 4 nitrogen and oxygen atoms in total. The van der Waals surface area contributed by atoms with Crippen LogP contribution in [0.2, 0.25) is 0 Å². The zero-order valence-corrected chi connectivity index (χ0v) is 12.0. The first-order valence-corrected chi connectivity index (χ1v) is 7.21. The van der Waals surface area contributed by atoms with E-state index in [1.165, 1.54) is 0 Å². The molecule has 1 saturated carbocycles. The highest BCUT2D eigenvalue weighted by Gasteiger charge is 2.32. The Labute approximate surface area is 115 Å². The molecule has 1 aliphatic carbocycles. The molecule has 19 heavy (non-hydrogen) atoms. The molecule has 2 N–H and O–H groups in total. The number of aliphatic hydroxyl groups is 1. The normalized spacial score (nSPS) is 17.9. The molecule has 1 aliphatic rings. The number of nitrogens with zero attached hydrogens (tertiary/aromatic N) is 2. The summed E-state index contributed by atoms with van der Waals surface area (Å²) >= 11 is 0. The summed E-state index contributed by atoms with van der Waals surface area (Å²) in [5.74, 6) is 0. The first kappa shape index (κ1) is 14.3. The van der Waals surface area contributed by atoms with Gasteiger partial charge in [0.1, 0.15) is 0 Å². The molecule has 2 rings (SSSR count). The van der Waals surface area contributed by atoms with Crippen molar-refractivity contribution in [1.82, 2.24) is 9.88 Å². The smallest absolute Gasteiger partial charge is 0.0774 e. The van der Waals surface area contributed by atoms with Gasteiger partial charge in [-0.1, -0.05) is 12.8 Å². The first-order valence-electron chi connectivity index (χ1n) is 7.21. The maximum absolute atomic E-state index is 10.4. The Kier molecular flexibility index (Phi) is 4.77. The molecule has 4 heteroatoms. The minimum Gasteiger partial charge on any atom is -0.389 e. The van der Waals surface area contributed by atoms with Crippen molar-refractivity contribution in [3.05, 3.63) is 24.0 Å². The lowest BCUT2D eigenvalue weighted by atomic mass is 10.0. The zero-order chi connectivity index (χ0) is 13.7. The van der Waals surface area contributed by atoms with Crippen LogP contribution in [0.5, 0.6) is 0 Å². The second-order valence-electron chi connectivity index (χ2n) is 5.67. The van der Waals surface area contributed by atoms with Crippen molar-refractivity contribution in [3.8, 4) is 0 Å². The van der Waals surface area contributed by atoms with Gasteiger partial charge >= 0.3 is 0 Å². The number of aromatic nitrogens is 1. The van der Waals surface area contributed by atoms with Gasteiger partial charge in [-0.3, -0.25) is 9.88 Å². The molecule has 0 radical (unpaired) electrons. The van der Waals surface area contributed by atoms with E-state index in [0.717, 1.165) is 56.7 Å². The molecule has 0 amide bonds. The largest absolute Gasteiger partial charge is 0.389 e. The summed E-state index contributed by atoms with van der Waals surface area (Å²) in [7, 11) is 2.05. The molecule has 1 heterocycles. The summed E-state index contributed by atoms with van der Waals surface area (Å²) in [5, 5.41) is 13.7. The van der Waals surface area contributed by atoms with Crippen LogP contribution in [0.1, 0.15) is 38.3 Å². The van der Waals surface area contributed by atoms with Crippen molar-refractivity contribution in [2.45, 2.75) is 44.8 Å². The molecule has 0 unspecified atom stereocenters. The Balaban J connectivity index is 1.90. The van der Waals surface area contributed by atoms with Crippen molar-refractivity contribution in [3.63, 3.8) is 0 Å². The predicted molar refractivity (Wildman–Crippen MR) is 78.2 cm³/mol. The van der Waals surface area contributed by atoms with Gasteiger partial charge in [0, 0.05) is 31.5 Å². The first-order chi connectivity index (χ1) is 9.11. The lowest BCUT2D eigenvalue weighted by Gasteiger charge is -2.28. The number of rotatable bonds is 6. The zero-order valence-electron chi connectivity index (χ0n) is 12.0. The third kappa shape index (κ3) is 4.18. The summed E-state index contributed by atoms with van der Waals surface area (Å²) in [6.07, 6.45) is 6.01. The number of anilines is 1. The Morgan fingerprint density at radius 1 is 1.42 bits per heavy atom. The summed E-state index contributed by atoms with van der Waals surface area (Å²) in [5.41, 5.74) is 1.68. The van der Waals surface area contributed by atoms with E-state index in [2.05, 4.69) is 35.2 Å². The van der Waals surface area contributed by atoms with Gasteiger partial charge in [-0.05, 0) is 38.9 Å². The van der Waals surface area contributed by atoms with Gasteiger partial charge in [0.25, 0.3) is 0 Å². The van der Waals surface area contributed by atoms with Crippen LogP contribution >= 0.6 is 0 Å². The van der Waals surface area contributed by atoms with Crippen LogP contribution in [0.4, 0.5) is 5.69 Å².